The molecule has 3 rings (SSSR count). The molecule has 2 aromatic heterocycles. The van der Waals surface area contributed by atoms with Crippen molar-refractivity contribution in [3.63, 3.8) is 0 Å². The SMILES string of the molecule is NCc1ccc(Cn2ccn3nccc3c2=O)c(Cl)c1. The predicted octanol–water partition coefficient (Wildman–Crippen LogP) is 1.66. The van der Waals surface area contributed by atoms with Gasteiger partial charge in [0.2, 0.25) is 0 Å². The Kier molecular flexibility index (Phi) is 3.30. The number of halogens is 1. The lowest BCUT2D eigenvalue weighted by Gasteiger charge is -2.09. The first-order valence-electron chi connectivity index (χ1n) is 6.19. The zero-order chi connectivity index (χ0) is 14.1. The van der Waals surface area contributed by atoms with E-state index in [9.17, 15) is 4.79 Å². The molecule has 5 nitrogen and oxygen atoms in total. The van der Waals surface area contributed by atoms with E-state index < -0.39 is 0 Å². The summed E-state index contributed by atoms with van der Waals surface area (Å²) in [5.74, 6) is 0. The van der Waals surface area contributed by atoms with Gasteiger partial charge in [0, 0.05) is 24.0 Å². The van der Waals surface area contributed by atoms with E-state index >= 15 is 0 Å². The number of rotatable bonds is 3. The van der Waals surface area contributed by atoms with Crippen LogP contribution in [0.5, 0.6) is 0 Å². The molecule has 0 saturated carbocycles. The molecular formula is C14H13ClN4O. The van der Waals surface area contributed by atoms with Crippen LogP contribution in [-0.4, -0.2) is 14.2 Å². The maximum Gasteiger partial charge on any atom is 0.276 e. The van der Waals surface area contributed by atoms with Crippen molar-refractivity contribution in [2.75, 3.05) is 0 Å². The third kappa shape index (κ3) is 2.21. The van der Waals surface area contributed by atoms with Crippen LogP contribution >= 0.6 is 11.6 Å². The summed E-state index contributed by atoms with van der Waals surface area (Å²) in [5.41, 5.74) is 7.88. The number of hydrogen-bond acceptors (Lipinski definition) is 3. The first-order chi connectivity index (χ1) is 9.69. The third-order valence-corrected chi connectivity index (χ3v) is 3.58. The summed E-state index contributed by atoms with van der Waals surface area (Å²) < 4.78 is 3.16. The second kappa shape index (κ2) is 5.11. The monoisotopic (exact) mass is 288 g/mol. The molecule has 2 heterocycles. The van der Waals surface area contributed by atoms with Gasteiger partial charge in [-0.1, -0.05) is 23.7 Å². The molecule has 0 bridgehead atoms. The van der Waals surface area contributed by atoms with E-state index in [1.807, 2.05) is 18.2 Å². The Balaban J connectivity index is 2.01. The number of fused-ring (bicyclic) bond motifs is 1. The van der Waals surface area contributed by atoms with Crippen molar-refractivity contribution in [2.24, 2.45) is 5.73 Å². The van der Waals surface area contributed by atoms with Gasteiger partial charge in [0.15, 0.2) is 0 Å². The minimum Gasteiger partial charge on any atom is -0.326 e. The first kappa shape index (κ1) is 12.9. The fraction of sp³-hybridized carbons (Fsp3) is 0.143. The average Bonchev–Trinajstić information content (AvgIpc) is 2.93. The van der Waals surface area contributed by atoms with Crippen molar-refractivity contribution in [3.8, 4) is 0 Å². The maximum atomic E-state index is 12.3. The standard InChI is InChI=1S/C14H13ClN4O/c15-12-7-10(8-16)1-2-11(12)9-18-5-6-19-13(14(18)20)3-4-17-19/h1-7H,8-9,16H2. The molecule has 2 N–H and O–H groups in total. The minimum atomic E-state index is -0.0935. The molecule has 0 radical (unpaired) electrons. The first-order valence-corrected chi connectivity index (χ1v) is 6.57. The van der Waals surface area contributed by atoms with Crippen LogP contribution in [0.2, 0.25) is 5.02 Å². The molecule has 0 spiro atoms. The van der Waals surface area contributed by atoms with E-state index in [4.69, 9.17) is 17.3 Å². The van der Waals surface area contributed by atoms with Crippen molar-refractivity contribution in [1.82, 2.24) is 14.2 Å². The second-order valence-corrected chi connectivity index (χ2v) is 4.93. The van der Waals surface area contributed by atoms with Gasteiger partial charge in [-0.2, -0.15) is 5.10 Å². The number of nitrogens with two attached hydrogens (primary N) is 1. The van der Waals surface area contributed by atoms with E-state index in [2.05, 4.69) is 5.10 Å². The van der Waals surface area contributed by atoms with Crippen LogP contribution in [0.4, 0.5) is 0 Å². The molecule has 0 saturated heterocycles. The summed E-state index contributed by atoms with van der Waals surface area (Å²) in [4.78, 5) is 12.3. The summed E-state index contributed by atoms with van der Waals surface area (Å²) in [6.07, 6.45) is 5.05. The third-order valence-electron chi connectivity index (χ3n) is 3.23. The summed E-state index contributed by atoms with van der Waals surface area (Å²) >= 11 is 6.22. The summed E-state index contributed by atoms with van der Waals surface area (Å²) in [5, 5.41) is 4.65. The smallest absolute Gasteiger partial charge is 0.276 e. The van der Waals surface area contributed by atoms with Crippen LogP contribution in [0.3, 0.4) is 0 Å². The molecule has 0 atom stereocenters. The van der Waals surface area contributed by atoms with Crippen molar-refractivity contribution >= 4 is 17.1 Å². The maximum absolute atomic E-state index is 12.3. The quantitative estimate of drug-likeness (QED) is 0.797. The molecule has 20 heavy (non-hydrogen) atoms. The van der Waals surface area contributed by atoms with Gasteiger partial charge in [-0.15, -0.1) is 0 Å². The van der Waals surface area contributed by atoms with E-state index in [0.717, 1.165) is 11.1 Å². The molecule has 0 unspecified atom stereocenters. The van der Waals surface area contributed by atoms with E-state index in [-0.39, 0.29) is 5.56 Å². The van der Waals surface area contributed by atoms with Crippen molar-refractivity contribution in [2.45, 2.75) is 13.1 Å². The molecular weight excluding hydrogens is 276 g/mol. The van der Waals surface area contributed by atoms with E-state index in [1.165, 1.54) is 0 Å². The molecule has 0 aliphatic carbocycles. The van der Waals surface area contributed by atoms with Gasteiger partial charge in [0.25, 0.3) is 5.56 Å². The number of nitrogens with zero attached hydrogens (tertiary/aromatic N) is 3. The fourth-order valence-electron chi connectivity index (χ4n) is 2.11. The van der Waals surface area contributed by atoms with Gasteiger partial charge >= 0.3 is 0 Å². The van der Waals surface area contributed by atoms with Gasteiger partial charge in [-0.05, 0) is 23.3 Å². The van der Waals surface area contributed by atoms with Crippen LogP contribution in [-0.2, 0) is 13.1 Å². The predicted molar refractivity (Wildman–Crippen MR) is 77.9 cm³/mol. The molecule has 1 aromatic carbocycles. The normalized spacial score (nSPS) is 11.1. The highest BCUT2D eigenvalue weighted by atomic mass is 35.5. The van der Waals surface area contributed by atoms with Gasteiger partial charge in [0.1, 0.15) is 5.52 Å². The minimum absolute atomic E-state index is 0.0935. The Hall–Kier alpha value is -2.11. The Labute approximate surface area is 120 Å². The highest BCUT2D eigenvalue weighted by Gasteiger charge is 2.06. The molecule has 0 fully saturated rings. The van der Waals surface area contributed by atoms with Gasteiger partial charge in [-0.3, -0.25) is 4.79 Å². The van der Waals surface area contributed by atoms with Crippen LogP contribution in [0.25, 0.3) is 5.52 Å². The molecule has 102 valence electrons. The Morgan fingerprint density at radius 1 is 1.25 bits per heavy atom. The zero-order valence-electron chi connectivity index (χ0n) is 10.7. The van der Waals surface area contributed by atoms with E-state index in [0.29, 0.717) is 23.6 Å². The molecule has 0 aliphatic rings. The fourth-order valence-corrected chi connectivity index (χ4v) is 2.38. The molecule has 0 aliphatic heterocycles. The molecule has 6 heteroatoms. The Morgan fingerprint density at radius 3 is 2.85 bits per heavy atom. The Morgan fingerprint density at radius 2 is 2.10 bits per heavy atom. The van der Waals surface area contributed by atoms with Crippen molar-refractivity contribution in [3.05, 3.63) is 69.4 Å². The van der Waals surface area contributed by atoms with Gasteiger partial charge < -0.3 is 10.3 Å². The largest absolute Gasteiger partial charge is 0.326 e. The lowest BCUT2D eigenvalue weighted by atomic mass is 10.1. The summed E-state index contributed by atoms with van der Waals surface area (Å²) in [6.45, 7) is 0.867. The summed E-state index contributed by atoms with van der Waals surface area (Å²) in [6, 6.07) is 7.35. The number of aromatic nitrogens is 3. The van der Waals surface area contributed by atoms with Gasteiger partial charge in [-0.25, -0.2) is 4.52 Å². The topological polar surface area (TPSA) is 65.3 Å². The highest BCUT2D eigenvalue weighted by molar-refractivity contribution is 6.31. The van der Waals surface area contributed by atoms with Crippen LogP contribution in [0.1, 0.15) is 11.1 Å². The lowest BCUT2D eigenvalue weighted by Crippen LogP contribution is -2.22. The Bertz CT molecular complexity index is 821. The summed E-state index contributed by atoms with van der Waals surface area (Å²) in [7, 11) is 0. The second-order valence-electron chi connectivity index (χ2n) is 4.52. The molecule has 3 aromatic rings. The van der Waals surface area contributed by atoms with E-state index in [1.54, 1.807) is 33.7 Å². The number of benzene rings is 1. The number of hydrogen-bond donors (Lipinski definition) is 1. The van der Waals surface area contributed by atoms with Crippen molar-refractivity contribution in [1.29, 1.82) is 0 Å². The van der Waals surface area contributed by atoms with Crippen LogP contribution in [0.15, 0.2) is 47.7 Å². The highest BCUT2D eigenvalue weighted by Crippen LogP contribution is 2.18. The van der Waals surface area contributed by atoms with Crippen LogP contribution in [0, 0.1) is 0 Å². The zero-order valence-corrected chi connectivity index (χ0v) is 11.4. The van der Waals surface area contributed by atoms with Gasteiger partial charge in [0.05, 0.1) is 12.7 Å². The lowest BCUT2D eigenvalue weighted by molar-refractivity contribution is 0.742. The average molecular weight is 289 g/mol. The van der Waals surface area contributed by atoms with Crippen molar-refractivity contribution < 1.29 is 0 Å². The van der Waals surface area contributed by atoms with Crippen LogP contribution < -0.4 is 11.3 Å². The molecule has 0 amide bonds.